The number of hydrogen-bond donors (Lipinski definition) is 2. The fourth-order valence-electron chi connectivity index (χ4n) is 5.11. The molecule has 5 nitrogen and oxygen atoms in total. The van der Waals surface area contributed by atoms with Gasteiger partial charge in [0.15, 0.2) is 0 Å². The second-order valence-corrected chi connectivity index (χ2v) is 9.34. The zero-order chi connectivity index (χ0) is 24.1. The summed E-state index contributed by atoms with van der Waals surface area (Å²) in [5.74, 6) is -0.399. The SMILES string of the molecule is Cc1cc(-c2cccc(/C(CCc3ccc([C@H]4CC[C@H](C(=O)O)CC4)cc3)=N/O)c2C)ccn1. The van der Waals surface area contributed by atoms with Crippen LogP contribution in [0.4, 0.5) is 0 Å². The van der Waals surface area contributed by atoms with Gasteiger partial charge in [-0.2, -0.15) is 0 Å². The van der Waals surface area contributed by atoms with Gasteiger partial charge in [0.25, 0.3) is 0 Å². The lowest BCUT2D eigenvalue weighted by atomic mass is 9.78. The Morgan fingerprint density at radius 2 is 1.76 bits per heavy atom. The van der Waals surface area contributed by atoms with Crippen molar-refractivity contribution in [2.24, 2.45) is 11.1 Å². The molecule has 1 heterocycles. The lowest BCUT2D eigenvalue weighted by Crippen LogP contribution is -2.20. The quantitative estimate of drug-likeness (QED) is 0.240. The predicted molar refractivity (Wildman–Crippen MR) is 135 cm³/mol. The molecule has 5 heteroatoms. The normalized spacial score (nSPS) is 18.6. The summed E-state index contributed by atoms with van der Waals surface area (Å²) in [6, 6.07) is 18.8. The van der Waals surface area contributed by atoms with Crippen molar-refractivity contribution in [2.75, 3.05) is 0 Å². The first-order valence-electron chi connectivity index (χ1n) is 12.0. The Bertz CT molecular complexity index is 1180. The summed E-state index contributed by atoms with van der Waals surface area (Å²) >= 11 is 0. The van der Waals surface area contributed by atoms with E-state index in [-0.39, 0.29) is 5.92 Å². The fourth-order valence-corrected chi connectivity index (χ4v) is 5.11. The number of aryl methyl sites for hydroxylation is 2. The highest BCUT2D eigenvalue weighted by molar-refractivity contribution is 6.02. The topological polar surface area (TPSA) is 82.8 Å². The molecular weight excluding hydrogens is 424 g/mol. The summed E-state index contributed by atoms with van der Waals surface area (Å²) in [4.78, 5) is 15.5. The molecule has 0 spiro atoms. The molecule has 1 fully saturated rings. The number of oxime groups is 1. The van der Waals surface area contributed by atoms with Crippen molar-refractivity contribution in [3.63, 3.8) is 0 Å². The Morgan fingerprint density at radius 1 is 1.03 bits per heavy atom. The Labute approximate surface area is 201 Å². The zero-order valence-corrected chi connectivity index (χ0v) is 19.9. The smallest absolute Gasteiger partial charge is 0.306 e. The van der Waals surface area contributed by atoms with E-state index >= 15 is 0 Å². The van der Waals surface area contributed by atoms with Crippen LogP contribution in [0.2, 0.25) is 0 Å². The van der Waals surface area contributed by atoms with Crippen molar-refractivity contribution < 1.29 is 15.1 Å². The molecule has 2 aromatic carbocycles. The maximum atomic E-state index is 11.2. The number of carbonyl (C=O) groups is 1. The minimum atomic E-state index is -0.660. The molecule has 0 bridgehead atoms. The minimum Gasteiger partial charge on any atom is -0.481 e. The molecule has 0 saturated heterocycles. The van der Waals surface area contributed by atoms with Crippen LogP contribution >= 0.6 is 0 Å². The lowest BCUT2D eigenvalue weighted by Gasteiger charge is -2.26. The van der Waals surface area contributed by atoms with Crippen LogP contribution in [0, 0.1) is 19.8 Å². The molecule has 1 aliphatic carbocycles. The van der Waals surface area contributed by atoms with Crippen molar-refractivity contribution in [3.05, 3.63) is 88.7 Å². The van der Waals surface area contributed by atoms with E-state index in [1.54, 1.807) is 0 Å². The number of carboxylic acid groups (broad SMARTS) is 1. The lowest BCUT2D eigenvalue weighted by molar-refractivity contribution is -0.142. The van der Waals surface area contributed by atoms with Crippen LogP contribution in [0.3, 0.4) is 0 Å². The molecule has 0 amide bonds. The molecule has 1 aliphatic rings. The van der Waals surface area contributed by atoms with Gasteiger partial charge in [0.1, 0.15) is 0 Å². The second-order valence-electron chi connectivity index (χ2n) is 9.34. The number of pyridine rings is 1. The van der Waals surface area contributed by atoms with E-state index in [9.17, 15) is 15.1 Å². The number of nitrogens with zero attached hydrogens (tertiary/aromatic N) is 2. The van der Waals surface area contributed by atoms with E-state index in [4.69, 9.17) is 0 Å². The Balaban J connectivity index is 1.42. The summed E-state index contributed by atoms with van der Waals surface area (Å²) in [6.45, 7) is 4.05. The third-order valence-corrected chi connectivity index (χ3v) is 7.15. The first-order valence-corrected chi connectivity index (χ1v) is 12.0. The molecule has 0 aliphatic heterocycles. The highest BCUT2D eigenvalue weighted by Crippen LogP contribution is 2.36. The maximum absolute atomic E-state index is 11.2. The van der Waals surface area contributed by atoms with Gasteiger partial charge in [0.05, 0.1) is 11.6 Å². The van der Waals surface area contributed by atoms with Gasteiger partial charge in [-0.1, -0.05) is 47.6 Å². The number of aliphatic carboxylic acids is 1. The highest BCUT2D eigenvalue weighted by Gasteiger charge is 2.26. The molecule has 4 rings (SSSR count). The molecule has 0 atom stereocenters. The molecular formula is C29H32N2O3. The van der Waals surface area contributed by atoms with Crippen LogP contribution in [-0.2, 0) is 11.2 Å². The van der Waals surface area contributed by atoms with Gasteiger partial charge in [0, 0.05) is 17.5 Å². The molecule has 0 radical (unpaired) electrons. The van der Waals surface area contributed by atoms with E-state index in [0.717, 1.165) is 60.1 Å². The van der Waals surface area contributed by atoms with E-state index in [0.29, 0.717) is 18.1 Å². The largest absolute Gasteiger partial charge is 0.481 e. The second kappa shape index (κ2) is 10.6. The summed E-state index contributed by atoms with van der Waals surface area (Å²) in [5.41, 5.74) is 8.41. The average molecular weight is 457 g/mol. The molecule has 34 heavy (non-hydrogen) atoms. The number of aromatic nitrogens is 1. The highest BCUT2D eigenvalue weighted by atomic mass is 16.4. The predicted octanol–water partition coefficient (Wildman–Crippen LogP) is 6.53. The van der Waals surface area contributed by atoms with Crippen LogP contribution in [0.15, 0.2) is 65.9 Å². The third-order valence-electron chi connectivity index (χ3n) is 7.15. The standard InChI is InChI=1S/C29H32N2O3/c1-19-18-25(16-17-30-19)26-4-3-5-27(20(26)2)28(31-34)15-8-21-6-9-22(10-7-21)23-11-13-24(14-12-23)29(32)33/h3-7,9-10,16-18,23-24,34H,8,11-15H2,1-2H3,(H,32,33)/b31-28+/t23-,24-. The van der Waals surface area contributed by atoms with Crippen LogP contribution in [0.5, 0.6) is 0 Å². The Hall–Kier alpha value is -3.47. The van der Waals surface area contributed by atoms with Gasteiger partial charge in [0.2, 0.25) is 0 Å². The van der Waals surface area contributed by atoms with Crippen molar-refractivity contribution >= 4 is 11.7 Å². The van der Waals surface area contributed by atoms with Gasteiger partial charge >= 0.3 is 5.97 Å². The van der Waals surface area contributed by atoms with E-state index in [1.165, 1.54) is 11.1 Å². The summed E-state index contributed by atoms with van der Waals surface area (Å²) < 4.78 is 0. The van der Waals surface area contributed by atoms with Crippen LogP contribution < -0.4 is 0 Å². The molecule has 1 saturated carbocycles. The summed E-state index contributed by atoms with van der Waals surface area (Å²) in [5, 5.41) is 22.7. The molecule has 176 valence electrons. The van der Waals surface area contributed by atoms with Gasteiger partial charge in [-0.3, -0.25) is 9.78 Å². The van der Waals surface area contributed by atoms with Crippen molar-refractivity contribution in [1.82, 2.24) is 4.98 Å². The van der Waals surface area contributed by atoms with Crippen molar-refractivity contribution in [2.45, 2.75) is 58.3 Å². The number of benzene rings is 2. The number of hydrogen-bond acceptors (Lipinski definition) is 4. The minimum absolute atomic E-state index is 0.184. The molecule has 2 N–H and O–H groups in total. The number of carboxylic acids is 1. The van der Waals surface area contributed by atoms with Crippen LogP contribution in [0.1, 0.15) is 66.0 Å². The summed E-state index contributed by atoms with van der Waals surface area (Å²) in [6.07, 6.45) is 6.63. The van der Waals surface area contributed by atoms with E-state index < -0.39 is 5.97 Å². The zero-order valence-electron chi connectivity index (χ0n) is 19.9. The Kier molecular flexibility index (Phi) is 7.41. The number of rotatable bonds is 7. The Morgan fingerprint density at radius 3 is 2.41 bits per heavy atom. The van der Waals surface area contributed by atoms with Crippen LogP contribution in [-0.4, -0.2) is 27.0 Å². The fraction of sp³-hybridized carbons (Fsp3) is 0.345. The van der Waals surface area contributed by atoms with E-state index in [2.05, 4.69) is 53.5 Å². The van der Waals surface area contributed by atoms with Gasteiger partial charge < -0.3 is 10.3 Å². The first-order chi connectivity index (χ1) is 16.5. The van der Waals surface area contributed by atoms with Crippen molar-refractivity contribution in [3.8, 4) is 11.1 Å². The molecule has 3 aromatic rings. The molecule has 1 aromatic heterocycles. The van der Waals surface area contributed by atoms with Crippen LogP contribution in [0.25, 0.3) is 11.1 Å². The van der Waals surface area contributed by atoms with Gasteiger partial charge in [-0.05, 0) is 98.2 Å². The maximum Gasteiger partial charge on any atom is 0.306 e. The van der Waals surface area contributed by atoms with Gasteiger partial charge in [-0.25, -0.2) is 0 Å². The van der Waals surface area contributed by atoms with Gasteiger partial charge in [-0.15, -0.1) is 0 Å². The van der Waals surface area contributed by atoms with Crippen molar-refractivity contribution in [1.29, 1.82) is 0 Å². The van der Waals surface area contributed by atoms with E-state index in [1.807, 2.05) is 31.3 Å². The average Bonchev–Trinajstić information content (AvgIpc) is 2.85. The monoisotopic (exact) mass is 456 g/mol. The third kappa shape index (κ3) is 5.36. The first kappa shape index (κ1) is 23.7. The summed E-state index contributed by atoms with van der Waals surface area (Å²) in [7, 11) is 0. The molecule has 0 unspecified atom stereocenters.